The lowest BCUT2D eigenvalue weighted by Crippen LogP contribution is -2.00. The molecule has 0 radical (unpaired) electrons. The predicted octanol–water partition coefficient (Wildman–Crippen LogP) is 3.12. The number of aromatic nitrogens is 2. The maximum Gasteiger partial charge on any atom is 0.162 e. The van der Waals surface area contributed by atoms with Crippen LogP contribution >= 0.6 is 11.6 Å². The van der Waals surface area contributed by atoms with Gasteiger partial charge in [0.1, 0.15) is 0 Å². The van der Waals surface area contributed by atoms with E-state index in [9.17, 15) is 4.79 Å². The van der Waals surface area contributed by atoms with E-state index in [0.717, 1.165) is 5.69 Å². The van der Waals surface area contributed by atoms with Gasteiger partial charge in [-0.1, -0.05) is 30.7 Å². The van der Waals surface area contributed by atoms with Crippen LogP contribution in [0.4, 0.5) is 0 Å². The van der Waals surface area contributed by atoms with Gasteiger partial charge in [-0.2, -0.15) is 5.10 Å². The van der Waals surface area contributed by atoms with Crippen molar-refractivity contribution < 1.29 is 4.79 Å². The fraction of sp³-hybridized carbons (Fsp3) is 0.167. The molecule has 0 N–H and O–H groups in total. The summed E-state index contributed by atoms with van der Waals surface area (Å²) in [4.78, 5) is 11.5. The van der Waals surface area contributed by atoms with E-state index in [4.69, 9.17) is 11.6 Å². The van der Waals surface area contributed by atoms with E-state index in [2.05, 4.69) is 5.10 Å². The molecule has 2 rings (SSSR count). The molecule has 0 amide bonds. The zero-order chi connectivity index (χ0) is 11.5. The number of rotatable bonds is 3. The number of hydrogen-bond donors (Lipinski definition) is 0. The van der Waals surface area contributed by atoms with Crippen molar-refractivity contribution in [1.82, 2.24) is 9.78 Å². The molecular formula is C12H11ClN2O. The summed E-state index contributed by atoms with van der Waals surface area (Å²) < 4.78 is 1.65. The molecule has 0 bridgehead atoms. The zero-order valence-electron chi connectivity index (χ0n) is 8.85. The Kier molecular flexibility index (Phi) is 3.06. The molecule has 0 fully saturated rings. The molecule has 82 valence electrons. The van der Waals surface area contributed by atoms with Gasteiger partial charge in [-0.15, -0.1) is 0 Å². The van der Waals surface area contributed by atoms with Crippen molar-refractivity contribution in [1.29, 1.82) is 0 Å². The number of nitrogens with zero attached hydrogens (tertiary/aromatic N) is 2. The van der Waals surface area contributed by atoms with E-state index in [1.807, 2.05) is 25.1 Å². The van der Waals surface area contributed by atoms with Gasteiger partial charge in [0.15, 0.2) is 5.78 Å². The summed E-state index contributed by atoms with van der Waals surface area (Å²) >= 11 is 5.79. The number of ketones is 1. The van der Waals surface area contributed by atoms with Gasteiger partial charge >= 0.3 is 0 Å². The Labute approximate surface area is 98.7 Å². The summed E-state index contributed by atoms with van der Waals surface area (Å²) in [5.74, 6) is 0.125. The first-order valence-electron chi connectivity index (χ1n) is 5.04. The molecule has 4 heteroatoms. The largest absolute Gasteiger partial charge is 0.294 e. The molecule has 0 aliphatic heterocycles. The van der Waals surface area contributed by atoms with Crippen LogP contribution in [-0.4, -0.2) is 15.6 Å². The first-order valence-corrected chi connectivity index (χ1v) is 5.42. The van der Waals surface area contributed by atoms with E-state index in [1.54, 1.807) is 23.1 Å². The average Bonchev–Trinajstić information content (AvgIpc) is 2.75. The molecule has 1 aromatic heterocycles. The lowest BCUT2D eigenvalue weighted by molar-refractivity contribution is 0.0988. The Hall–Kier alpha value is -1.61. The number of carbonyl (C=O) groups excluding carboxylic acids is 1. The molecule has 3 nitrogen and oxygen atoms in total. The Morgan fingerprint density at radius 3 is 2.94 bits per heavy atom. The maximum atomic E-state index is 11.5. The highest BCUT2D eigenvalue weighted by atomic mass is 35.5. The van der Waals surface area contributed by atoms with Crippen LogP contribution in [0.2, 0.25) is 5.02 Å². The maximum absolute atomic E-state index is 11.5. The monoisotopic (exact) mass is 234 g/mol. The fourth-order valence-corrected chi connectivity index (χ4v) is 1.60. The minimum atomic E-state index is 0.125. The van der Waals surface area contributed by atoms with Crippen molar-refractivity contribution in [2.75, 3.05) is 0 Å². The van der Waals surface area contributed by atoms with Crippen molar-refractivity contribution in [3.8, 4) is 5.69 Å². The van der Waals surface area contributed by atoms with Crippen LogP contribution in [0.25, 0.3) is 5.69 Å². The normalized spacial score (nSPS) is 10.4. The third-order valence-corrected chi connectivity index (χ3v) is 2.50. The van der Waals surface area contributed by atoms with E-state index < -0.39 is 0 Å². The number of hydrogen-bond acceptors (Lipinski definition) is 2. The number of Topliss-reactive ketones (excluding diaryl/α,β-unsaturated/α-hetero) is 1. The average molecular weight is 235 g/mol. The molecule has 0 saturated carbocycles. The first-order chi connectivity index (χ1) is 7.70. The summed E-state index contributed by atoms with van der Waals surface area (Å²) in [5.41, 5.74) is 1.54. The highest BCUT2D eigenvalue weighted by Gasteiger charge is 2.05. The first kappa shape index (κ1) is 10.9. The third kappa shape index (κ3) is 2.14. The number of carbonyl (C=O) groups is 1. The van der Waals surface area contributed by atoms with E-state index in [1.165, 1.54) is 0 Å². The van der Waals surface area contributed by atoms with Crippen molar-refractivity contribution in [2.45, 2.75) is 13.3 Å². The molecule has 16 heavy (non-hydrogen) atoms. The summed E-state index contributed by atoms with van der Waals surface area (Å²) in [7, 11) is 0. The van der Waals surface area contributed by atoms with Gasteiger partial charge in [-0.3, -0.25) is 4.79 Å². The minimum Gasteiger partial charge on any atom is -0.294 e. The Balaban J connectivity index is 2.39. The molecule has 0 unspecified atom stereocenters. The Bertz CT molecular complexity index is 519. The molecule has 0 aliphatic carbocycles. The second-order valence-corrected chi connectivity index (χ2v) is 3.87. The molecule has 0 atom stereocenters. The summed E-state index contributed by atoms with van der Waals surface area (Å²) in [6, 6.07) is 7.35. The zero-order valence-corrected chi connectivity index (χ0v) is 9.61. The van der Waals surface area contributed by atoms with E-state index >= 15 is 0 Å². The molecule has 2 aromatic rings. The van der Waals surface area contributed by atoms with Crippen LogP contribution in [0.5, 0.6) is 0 Å². The standard InChI is InChI=1S/C12H11ClN2O/c1-2-12(16)9-4-3-5-11(6-9)15-8-10(13)7-14-15/h3-8H,2H2,1H3. The summed E-state index contributed by atoms with van der Waals surface area (Å²) in [6.45, 7) is 1.85. The smallest absolute Gasteiger partial charge is 0.162 e. The molecule has 1 heterocycles. The summed E-state index contributed by atoms with van der Waals surface area (Å²) in [6.07, 6.45) is 3.77. The van der Waals surface area contributed by atoms with Gasteiger partial charge in [-0.05, 0) is 12.1 Å². The predicted molar refractivity (Wildman–Crippen MR) is 63.2 cm³/mol. The van der Waals surface area contributed by atoms with Crippen LogP contribution in [0.15, 0.2) is 36.7 Å². The second-order valence-electron chi connectivity index (χ2n) is 3.43. The Morgan fingerprint density at radius 1 is 1.50 bits per heavy atom. The van der Waals surface area contributed by atoms with Crippen LogP contribution in [0.3, 0.4) is 0 Å². The lowest BCUT2D eigenvalue weighted by Gasteiger charge is -2.03. The van der Waals surface area contributed by atoms with Crippen molar-refractivity contribution in [3.63, 3.8) is 0 Å². The topological polar surface area (TPSA) is 34.9 Å². The third-order valence-electron chi connectivity index (χ3n) is 2.30. The van der Waals surface area contributed by atoms with Crippen LogP contribution in [-0.2, 0) is 0 Å². The van der Waals surface area contributed by atoms with E-state index in [-0.39, 0.29) is 5.78 Å². The minimum absolute atomic E-state index is 0.125. The highest BCUT2D eigenvalue weighted by molar-refractivity contribution is 6.30. The molecule has 1 aromatic carbocycles. The quantitative estimate of drug-likeness (QED) is 0.765. The second kappa shape index (κ2) is 4.49. The van der Waals surface area contributed by atoms with Crippen LogP contribution in [0, 0.1) is 0 Å². The number of benzene rings is 1. The molecular weight excluding hydrogens is 224 g/mol. The van der Waals surface area contributed by atoms with Gasteiger partial charge in [0.25, 0.3) is 0 Å². The van der Waals surface area contributed by atoms with Gasteiger partial charge in [0.05, 0.1) is 16.9 Å². The van der Waals surface area contributed by atoms with Crippen molar-refractivity contribution >= 4 is 17.4 Å². The lowest BCUT2D eigenvalue weighted by atomic mass is 10.1. The van der Waals surface area contributed by atoms with Gasteiger partial charge < -0.3 is 0 Å². The van der Waals surface area contributed by atoms with Crippen molar-refractivity contribution in [2.24, 2.45) is 0 Å². The van der Waals surface area contributed by atoms with Gasteiger partial charge in [0, 0.05) is 18.2 Å². The molecule has 0 aliphatic rings. The fourth-order valence-electron chi connectivity index (χ4n) is 1.47. The van der Waals surface area contributed by atoms with Crippen molar-refractivity contribution in [3.05, 3.63) is 47.2 Å². The molecule has 0 saturated heterocycles. The van der Waals surface area contributed by atoms with Crippen LogP contribution in [0.1, 0.15) is 23.7 Å². The Morgan fingerprint density at radius 2 is 2.31 bits per heavy atom. The van der Waals surface area contributed by atoms with Gasteiger partial charge in [0.2, 0.25) is 0 Å². The molecule has 0 spiro atoms. The summed E-state index contributed by atoms with van der Waals surface area (Å²) in [5, 5.41) is 4.66. The van der Waals surface area contributed by atoms with E-state index in [0.29, 0.717) is 17.0 Å². The highest BCUT2D eigenvalue weighted by Crippen LogP contribution is 2.14. The number of halogens is 1. The van der Waals surface area contributed by atoms with Crippen LogP contribution < -0.4 is 0 Å². The SMILES string of the molecule is CCC(=O)c1cccc(-n2cc(Cl)cn2)c1. The van der Waals surface area contributed by atoms with Gasteiger partial charge in [-0.25, -0.2) is 4.68 Å².